The Morgan fingerprint density at radius 2 is 1.65 bits per heavy atom. The van der Waals surface area contributed by atoms with Crippen molar-refractivity contribution >= 4 is 28.9 Å². The van der Waals surface area contributed by atoms with E-state index in [2.05, 4.69) is 61.2 Å². The zero-order chi connectivity index (χ0) is 32.9. The molecule has 3 N–H and O–H groups in total. The molecule has 1 aromatic carbocycles. The van der Waals surface area contributed by atoms with E-state index in [1.807, 2.05) is 19.1 Å². The van der Waals surface area contributed by atoms with Crippen LogP contribution in [0.1, 0.15) is 61.0 Å². The number of nitrogens with one attached hydrogen (secondary N) is 1. The number of piperidine rings is 2. The van der Waals surface area contributed by atoms with Gasteiger partial charge in [0.05, 0.1) is 5.69 Å². The number of aromatic nitrogens is 3. The SMILES string of the molecule is Cc1cccnc1-c1nc(C(N)=O)c(Nc2ccc(N3CCC(N4CC5(CCN(C)CC5)C4)CC3)cc2)nc1N1CCC12CCOCC2. The van der Waals surface area contributed by atoms with Crippen LogP contribution in [0.2, 0.25) is 0 Å². The Bertz CT molecular complexity index is 1630. The number of carbonyl (C=O) groups is 1. The molecule has 2 aromatic heterocycles. The molecule has 5 saturated heterocycles. The summed E-state index contributed by atoms with van der Waals surface area (Å²) < 4.78 is 5.72. The van der Waals surface area contributed by atoms with Gasteiger partial charge in [0.15, 0.2) is 17.3 Å². The van der Waals surface area contributed by atoms with Gasteiger partial charge in [-0.2, -0.15) is 0 Å². The van der Waals surface area contributed by atoms with Crippen LogP contribution >= 0.6 is 0 Å². The molecule has 11 heteroatoms. The van der Waals surface area contributed by atoms with Gasteiger partial charge in [-0.05, 0) is 113 Å². The Balaban J connectivity index is 0.987. The minimum Gasteiger partial charge on any atom is -0.381 e. The fraction of sp³-hybridized carbons (Fsp3) is 0.568. The normalized spacial score (nSPS) is 22.8. The third-order valence-corrected chi connectivity index (χ3v) is 12.0. The fourth-order valence-electron chi connectivity index (χ4n) is 8.77. The standard InChI is InChI=1S/C37H49N9O2/c1-26-4-3-16-39-30(26)31-35(46-21-13-37(46)14-22-48-23-15-37)42-34(32(41-31)33(38)47)40-27-5-7-28(8-6-27)44-17-9-29(10-18-44)45-24-36(25-45)11-19-43(2)20-12-36/h3-8,16,29H,9-15,17-25H2,1-2H3,(H2,38,47)(H,40,42). The molecule has 0 atom stereocenters. The molecular weight excluding hydrogens is 602 g/mol. The summed E-state index contributed by atoms with van der Waals surface area (Å²) in [6.45, 7) is 11.6. The number of carbonyl (C=O) groups excluding carboxylic acids is 1. The average molecular weight is 652 g/mol. The van der Waals surface area contributed by atoms with Crippen LogP contribution in [-0.2, 0) is 4.74 Å². The van der Waals surface area contributed by atoms with Crippen molar-refractivity contribution < 1.29 is 9.53 Å². The number of pyridine rings is 1. The number of primary amides is 1. The first-order valence-electron chi connectivity index (χ1n) is 17.9. The highest BCUT2D eigenvalue weighted by atomic mass is 16.5. The fourth-order valence-corrected chi connectivity index (χ4v) is 8.77. The Morgan fingerprint density at radius 1 is 0.917 bits per heavy atom. The van der Waals surface area contributed by atoms with Crippen molar-refractivity contribution in [1.82, 2.24) is 24.8 Å². The quantitative estimate of drug-likeness (QED) is 0.380. The van der Waals surface area contributed by atoms with Crippen molar-refractivity contribution in [2.75, 3.05) is 81.2 Å². The molecule has 48 heavy (non-hydrogen) atoms. The Hall–Kier alpha value is -3.80. The number of nitrogens with two attached hydrogens (primary N) is 1. The van der Waals surface area contributed by atoms with Gasteiger partial charge in [-0.25, -0.2) is 9.97 Å². The molecule has 7 heterocycles. The molecule has 0 bridgehead atoms. The molecule has 0 saturated carbocycles. The third kappa shape index (κ3) is 5.79. The van der Waals surface area contributed by atoms with Crippen LogP contribution in [0.15, 0.2) is 42.6 Å². The summed E-state index contributed by atoms with van der Waals surface area (Å²) in [7, 11) is 2.25. The molecule has 0 unspecified atom stereocenters. The van der Waals surface area contributed by atoms with Crippen molar-refractivity contribution in [3.8, 4) is 11.4 Å². The van der Waals surface area contributed by atoms with E-state index < -0.39 is 5.91 Å². The van der Waals surface area contributed by atoms with Gasteiger partial charge < -0.3 is 30.5 Å². The number of likely N-dealkylation sites (tertiary alicyclic amines) is 2. The first-order chi connectivity index (χ1) is 23.3. The van der Waals surface area contributed by atoms with Gasteiger partial charge in [0, 0.05) is 75.1 Å². The number of anilines is 4. The highest BCUT2D eigenvalue weighted by Gasteiger charge is 2.48. The van der Waals surface area contributed by atoms with Crippen LogP contribution in [0.25, 0.3) is 11.4 Å². The number of amides is 1. The molecule has 1 amide bonds. The second-order valence-corrected chi connectivity index (χ2v) is 15.0. The van der Waals surface area contributed by atoms with Crippen LogP contribution in [0.3, 0.4) is 0 Å². The lowest BCUT2D eigenvalue weighted by Gasteiger charge is -2.57. The maximum atomic E-state index is 12.8. The highest BCUT2D eigenvalue weighted by Crippen LogP contribution is 2.46. The number of ether oxygens (including phenoxy) is 1. The maximum Gasteiger partial charge on any atom is 0.271 e. The molecule has 2 spiro atoms. The Kier molecular flexibility index (Phi) is 8.25. The van der Waals surface area contributed by atoms with E-state index in [0.29, 0.717) is 28.7 Å². The number of benzene rings is 1. The van der Waals surface area contributed by atoms with Gasteiger partial charge in [-0.3, -0.25) is 14.7 Å². The summed E-state index contributed by atoms with van der Waals surface area (Å²) in [5.74, 6) is 0.481. The molecule has 8 rings (SSSR count). The maximum absolute atomic E-state index is 12.8. The first-order valence-corrected chi connectivity index (χ1v) is 17.9. The molecule has 0 radical (unpaired) electrons. The van der Waals surface area contributed by atoms with E-state index in [0.717, 1.165) is 69.2 Å². The molecule has 5 aliphatic rings. The van der Waals surface area contributed by atoms with Gasteiger partial charge in [-0.1, -0.05) is 6.07 Å². The molecule has 11 nitrogen and oxygen atoms in total. The van der Waals surface area contributed by atoms with Crippen LogP contribution in [0.5, 0.6) is 0 Å². The second-order valence-electron chi connectivity index (χ2n) is 15.0. The van der Waals surface area contributed by atoms with Crippen molar-refractivity contribution in [3.63, 3.8) is 0 Å². The summed E-state index contributed by atoms with van der Waals surface area (Å²) in [6, 6.07) is 13.1. The van der Waals surface area contributed by atoms with Crippen LogP contribution in [0, 0.1) is 12.3 Å². The largest absolute Gasteiger partial charge is 0.381 e. The summed E-state index contributed by atoms with van der Waals surface area (Å²) >= 11 is 0. The minimum absolute atomic E-state index is 0.0189. The lowest BCUT2D eigenvalue weighted by molar-refractivity contribution is -0.0704. The topological polar surface area (TPSA) is 116 Å². The second kappa shape index (κ2) is 12.6. The van der Waals surface area contributed by atoms with Crippen molar-refractivity contribution in [2.24, 2.45) is 11.1 Å². The van der Waals surface area contributed by atoms with Gasteiger partial charge in [0.2, 0.25) is 0 Å². The number of aryl methyl sites for hydroxylation is 1. The molecule has 3 aromatic rings. The van der Waals surface area contributed by atoms with Gasteiger partial charge >= 0.3 is 0 Å². The third-order valence-electron chi connectivity index (χ3n) is 12.0. The summed E-state index contributed by atoms with van der Waals surface area (Å²) in [6.07, 6.45) is 9.84. The minimum atomic E-state index is -0.626. The number of rotatable bonds is 7. The van der Waals surface area contributed by atoms with Crippen molar-refractivity contribution in [3.05, 3.63) is 53.9 Å². The van der Waals surface area contributed by atoms with Crippen molar-refractivity contribution in [1.29, 1.82) is 0 Å². The monoisotopic (exact) mass is 651 g/mol. The lowest BCUT2D eigenvalue weighted by atomic mass is 9.71. The summed E-state index contributed by atoms with van der Waals surface area (Å²) in [4.78, 5) is 37.6. The molecular formula is C37H49N9O2. The Labute approximate surface area is 283 Å². The van der Waals surface area contributed by atoms with E-state index in [1.54, 1.807) is 6.20 Å². The molecule has 5 aliphatic heterocycles. The van der Waals surface area contributed by atoms with Gasteiger partial charge in [-0.15, -0.1) is 0 Å². The lowest BCUT2D eigenvalue weighted by Crippen LogP contribution is -2.63. The van der Waals surface area contributed by atoms with E-state index in [-0.39, 0.29) is 11.2 Å². The van der Waals surface area contributed by atoms with Gasteiger partial charge in [0.25, 0.3) is 5.91 Å². The smallest absolute Gasteiger partial charge is 0.271 e. The molecule has 0 aliphatic carbocycles. The first kappa shape index (κ1) is 31.5. The number of hydrogen-bond donors (Lipinski definition) is 2. The van der Waals surface area contributed by atoms with E-state index >= 15 is 0 Å². The predicted octanol–water partition coefficient (Wildman–Crippen LogP) is 4.45. The van der Waals surface area contributed by atoms with Crippen LogP contribution in [-0.4, -0.2) is 108 Å². The number of nitrogens with zero attached hydrogens (tertiary/aromatic N) is 7. The highest BCUT2D eigenvalue weighted by molar-refractivity contribution is 5.98. The summed E-state index contributed by atoms with van der Waals surface area (Å²) in [5.41, 5.74) is 11.0. The zero-order valence-corrected chi connectivity index (χ0v) is 28.5. The number of hydrogen-bond acceptors (Lipinski definition) is 10. The van der Waals surface area contributed by atoms with Crippen molar-refractivity contribution in [2.45, 2.75) is 63.5 Å². The van der Waals surface area contributed by atoms with E-state index in [1.165, 1.54) is 57.5 Å². The van der Waals surface area contributed by atoms with Crippen LogP contribution < -0.4 is 20.9 Å². The summed E-state index contributed by atoms with van der Waals surface area (Å²) in [5, 5.41) is 3.41. The van der Waals surface area contributed by atoms with E-state index in [9.17, 15) is 4.79 Å². The van der Waals surface area contributed by atoms with Gasteiger partial charge in [0.1, 0.15) is 5.69 Å². The van der Waals surface area contributed by atoms with E-state index in [4.69, 9.17) is 20.4 Å². The van der Waals surface area contributed by atoms with Crippen LogP contribution in [0.4, 0.5) is 23.0 Å². The average Bonchev–Trinajstić information content (AvgIpc) is 3.08. The zero-order valence-electron chi connectivity index (χ0n) is 28.5. The predicted molar refractivity (Wildman–Crippen MR) is 189 cm³/mol. The Morgan fingerprint density at radius 3 is 2.29 bits per heavy atom. The molecule has 5 fully saturated rings. The molecule has 254 valence electrons.